The van der Waals surface area contributed by atoms with Crippen LogP contribution in [0.15, 0.2) is 30.6 Å². The second-order valence-electron chi connectivity index (χ2n) is 7.22. The molecule has 0 atom stereocenters. The lowest BCUT2D eigenvalue weighted by Crippen LogP contribution is -2.44. The van der Waals surface area contributed by atoms with Crippen molar-refractivity contribution in [3.63, 3.8) is 0 Å². The molecule has 0 unspecified atom stereocenters. The van der Waals surface area contributed by atoms with Crippen LogP contribution in [0.2, 0.25) is 0 Å². The molecule has 1 saturated carbocycles. The minimum absolute atomic E-state index is 0.207. The van der Waals surface area contributed by atoms with Crippen molar-refractivity contribution in [2.45, 2.75) is 50.6 Å². The quantitative estimate of drug-likeness (QED) is 0.877. The molecule has 0 saturated heterocycles. The number of anilines is 1. The summed E-state index contributed by atoms with van der Waals surface area (Å²) in [6, 6.07) is 7.60. The monoisotopic (exact) mass is 339 g/mol. The molecule has 1 aliphatic carbocycles. The van der Waals surface area contributed by atoms with Gasteiger partial charge in [-0.2, -0.15) is 0 Å². The molecule has 5 heteroatoms. The SMILES string of the molecule is O=C(O)CCNC1CCC(N2CCc3cncc4cccc2c34)CC1. The van der Waals surface area contributed by atoms with E-state index in [1.165, 1.54) is 34.9 Å². The first-order chi connectivity index (χ1) is 12.2. The lowest BCUT2D eigenvalue weighted by atomic mass is 9.88. The topological polar surface area (TPSA) is 65.5 Å². The standard InChI is InChI=1S/C20H25N3O2/c24-19(25)8-10-22-16-4-6-17(7-5-16)23-11-9-15-13-21-12-14-2-1-3-18(23)20(14)15/h1-3,12-13,16-17,22H,4-11H2,(H,24,25). The van der Waals surface area contributed by atoms with Gasteiger partial charge in [0, 0.05) is 54.0 Å². The van der Waals surface area contributed by atoms with Crippen LogP contribution in [0.5, 0.6) is 0 Å². The van der Waals surface area contributed by atoms with Gasteiger partial charge in [-0.05, 0) is 43.7 Å². The van der Waals surface area contributed by atoms with Crippen LogP contribution in [0.3, 0.4) is 0 Å². The molecular formula is C20H25N3O2. The van der Waals surface area contributed by atoms with Gasteiger partial charge in [-0.3, -0.25) is 9.78 Å². The number of carboxylic acids is 1. The Morgan fingerprint density at radius 3 is 2.88 bits per heavy atom. The molecule has 2 heterocycles. The number of nitrogens with one attached hydrogen (secondary N) is 1. The molecule has 1 fully saturated rings. The van der Waals surface area contributed by atoms with Gasteiger partial charge in [-0.1, -0.05) is 12.1 Å². The maximum Gasteiger partial charge on any atom is 0.304 e. The predicted molar refractivity (Wildman–Crippen MR) is 99.1 cm³/mol. The van der Waals surface area contributed by atoms with E-state index in [1.54, 1.807) is 0 Å². The molecule has 2 aliphatic rings. The van der Waals surface area contributed by atoms with Gasteiger partial charge < -0.3 is 15.3 Å². The summed E-state index contributed by atoms with van der Waals surface area (Å²) >= 11 is 0. The van der Waals surface area contributed by atoms with E-state index in [0.29, 0.717) is 18.6 Å². The van der Waals surface area contributed by atoms with E-state index in [4.69, 9.17) is 5.11 Å². The fourth-order valence-electron chi connectivity index (χ4n) is 4.43. The third-order valence-corrected chi connectivity index (χ3v) is 5.68. The molecule has 25 heavy (non-hydrogen) atoms. The second kappa shape index (κ2) is 7.00. The Balaban J connectivity index is 1.44. The highest BCUT2D eigenvalue weighted by atomic mass is 16.4. The zero-order chi connectivity index (χ0) is 17.2. The van der Waals surface area contributed by atoms with Gasteiger partial charge in [0.05, 0.1) is 6.42 Å². The zero-order valence-corrected chi connectivity index (χ0v) is 14.4. The van der Waals surface area contributed by atoms with E-state index in [-0.39, 0.29) is 6.42 Å². The smallest absolute Gasteiger partial charge is 0.304 e. The van der Waals surface area contributed by atoms with Crippen molar-refractivity contribution < 1.29 is 9.90 Å². The van der Waals surface area contributed by atoms with Crippen molar-refractivity contribution in [3.8, 4) is 0 Å². The summed E-state index contributed by atoms with van der Waals surface area (Å²) in [5, 5.41) is 14.8. The van der Waals surface area contributed by atoms with Gasteiger partial charge in [0.1, 0.15) is 0 Å². The average Bonchev–Trinajstić information content (AvgIpc) is 2.63. The van der Waals surface area contributed by atoms with E-state index in [2.05, 4.69) is 33.4 Å². The third-order valence-electron chi connectivity index (χ3n) is 5.68. The molecule has 5 nitrogen and oxygen atoms in total. The Morgan fingerprint density at radius 2 is 2.08 bits per heavy atom. The Kier molecular flexibility index (Phi) is 4.57. The summed E-state index contributed by atoms with van der Waals surface area (Å²) in [7, 11) is 0. The minimum Gasteiger partial charge on any atom is -0.481 e. The fraction of sp³-hybridized carbons (Fsp3) is 0.500. The summed E-state index contributed by atoms with van der Waals surface area (Å²) in [5.41, 5.74) is 2.73. The molecule has 1 aliphatic heterocycles. The number of nitrogens with zero attached hydrogens (tertiary/aromatic N) is 2. The summed E-state index contributed by atoms with van der Waals surface area (Å²) in [6.07, 6.45) is 9.85. The van der Waals surface area contributed by atoms with Crippen LogP contribution >= 0.6 is 0 Å². The first kappa shape index (κ1) is 16.3. The Hall–Kier alpha value is -2.14. The number of hydrogen-bond acceptors (Lipinski definition) is 4. The van der Waals surface area contributed by atoms with Crippen molar-refractivity contribution >= 4 is 22.4 Å². The van der Waals surface area contributed by atoms with Crippen molar-refractivity contribution in [1.29, 1.82) is 0 Å². The van der Waals surface area contributed by atoms with E-state index < -0.39 is 5.97 Å². The van der Waals surface area contributed by atoms with Crippen LogP contribution < -0.4 is 10.2 Å². The van der Waals surface area contributed by atoms with Crippen LogP contribution in [0.4, 0.5) is 5.69 Å². The number of rotatable bonds is 5. The van der Waals surface area contributed by atoms with Gasteiger partial charge in [0.2, 0.25) is 0 Å². The Labute approximate surface area is 148 Å². The number of aromatic nitrogens is 1. The largest absolute Gasteiger partial charge is 0.481 e. The van der Waals surface area contributed by atoms with E-state index >= 15 is 0 Å². The molecule has 1 aromatic heterocycles. The number of hydrogen-bond donors (Lipinski definition) is 2. The lowest BCUT2D eigenvalue weighted by Gasteiger charge is -2.41. The zero-order valence-electron chi connectivity index (χ0n) is 14.4. The maximum atomic E-state index is 10.6. The van der Waals surface area contributed by atoms with Gasteiger partial charge in [0.15, 0.2) is 0 Å². The Bertz CT molecular complexity index is 763. The molecule has 0 amide bonds. The van der Waals surface area contributed by atoms with Crippen LogP contribution in [-0.4, -0.2) is 41.2 Å². The van der Waals surface area contributed by atoms with E-state index in [1.807, 2.05) is 12.4 Å². The van der Waals surface area contributed by atoms with Crippen molar-refractivity contribution in [3.05, 3.63) is 36.2 Å². The van der Waals surface area contributed by atoms with Crippen molar-refractivity contribution in [1.82, 2.24) is 10.3 Å². The van der Waals surface area contributed by atoms with Gasteiger partial charge in [-0.15, -0.1) is 0 Å². The first-order valence-electron chi connectivity index (χ1n) is 9.30. The first-order valence-corrected chi connectivity index (χ1v) is 9.30. The lowest BCUT2D eigenvalue weighted by molar-refractivity contribution is -0.136. The van der Waals surface area contributed by atoms with Crippen LogP contribution in [0.25, 0.3) is 10.8 Å². The number of carbonyl (C=O) groups is 1. The molecule has 4 rings (SSSR count). The van der Waals surface area contributed by atoms with E-state index in [9.17, 15) is 4.79 Å². The summed E-state index contributed by atoms with van der Waals surface area (Å²) < 4.78 is 0. The molecule has 2 aromatic rings. The van der Waals surface area contributed by atoms with Crippen molar-refractivity contribution in [2.75, 3.05) is 18.0 Å². The number of aliphatic carboxylic acids is 1. The van der Waals surface area contributed by atoms with Crippen LogP contribution in [0.1, 0.15) is 37.7 Å². The molecule has 132 valence electrons. The molecule has 0 spiro atoms. The summed E-state index contributed by atoms with van der Waals surface area (Å²) in [4.78, 5) is 17.6. The molecule has 0 radical (unpaired) electrons. The molecule has 1 aromatic carbocycles. The number of benzene rings is 1. The minimum atomic E-state index is -0.726. The van der Waals surface area contributed by atoms with Crippen LogP contribution in [0, 0.1) is 0 Å². The van der Waals surface area contributed by atoms with Gasteiger partial charge in [0.25, 0.3) is 0 Å². The normalized spacial score (nSPS) is 23.0. The highest BCUT2D eigenvalue weighted by molar-refractivity contribution is 5.97. The van der Waals surface area contributed by atoms with Gasteiger partial charge >= 0.3 is 5.97 Å². The number of carboxylic acid groups (broad SMARTS) is 1. The summed E-state index contributed by atoms with van der Waals surface area (Å²) in [6.45, 7) is 1.65. The average molecular weight is 339 g/mol. The Morgan fingerprint density at radius 1 is 1.24 bits per heavy atom. The fourth-order valence-corrected chi connectivity index (χ4v) is 4.43. The van der Waals surface area contributed by atoms with Crippen molar-refractivity contribution in [2.24, 2.45) is 0 Å². The van der Waals surface area contributed by atoms with Gasteiger partial charge in [-0.25, -0.2) is 0 Å². The molecular weight excluding hydrogens is 314 g/mol. The van der Waals surface area contributed by atoms with Crippen LogP contribution in [-0.2, 0) is 11.2 Å². The third kappa shape index (κ3) is 3.33. The summed E-state index contributed by atoms with van der Waals surface area (Å²) in [5.74, 6) is -0.726. The second-order valence-corrected chi connectivity index (χ2v) is 7.22. The van der Waals surface area contributed by atoms with E-state index in [0.717, 1.165) is 25.8 Å². The molecule has 2 N–H and O–H groups in total. The maximum absolute atomic E-state index is 10.6. The highest BCUT2D eigenvalue weighted by Gasteiger charge is 2.29. The number of pyridine rings is 1. The molecule has 0 bridgehead atoms. The predicted octanol–water partition coefficient (Wildman–Crippen LogP) is 2.97. The highest BCUT2D eigenvalue weighted by Crippen LogP contribution is 2.37.